The number of benzene rings is 1. The van der Waals surface area contributed by atoms with E-state index in [1.807, 2.05) is 0 Å². The zero-order valence-corrected chi connectivity index (χ0v) is 14.4. The van der Waals surface area contributed by atoms with Crippen LogP contribution in [0.25, 0.3) is 0 Å². The fourth-order valence-corrected chi connectivity index (χ4v) is 3.88. The summed E-state index contributed by atoms with van der Waals surface area (Å²) in [4.78, 5) is 0. The van der Waals surface area contributed by atoms with Gasteiger partial charge in [0.15, 0.2) is 0 Å². The number of aryl methyl sites for hydroxylation is 1. The molecule has 1 aromatic carbocycles. The Labute approximate surface area is 136 Å². The van der Waals surface area contributed by atoms with Crippen LogP contribution in [0.1, 0.15) is 88.7 Å². The Morgan fingerprint density at radius 1 is 1.05 bits per heavy atom. The third-order valence-corrected chi connectivity index (χ3v) is 5.43. The quantitative estimate of drug-likeness (QED) is 0.535. The minimum atomic E-state index is -0.0200. The van der Waals surface area contributed by atoms with Crippen LogP contribution in [0.2, 0.25) is 0 Å². The molecule has 1 fully saturated rings. The van der Waals surface area contributed by atoms with Gasteiger partial charge in [0.2, 0.25) is 0 Å². The molecule has 1 aliphatic carbocycles. The van der Waals surface area contributed by atoms with E-state index >= 15 is 0 Å². The largest absolute Gasteiger partial charge is 0.198 e. The summed E-state index contributed by atoms with van der Waals surface area (Å²) in [5.74, 6) is 0.670. The fourth-order valence-electron chi connectivity index (χ4n) is 3.88. The lowest BCUT2D eigenvalue weighted by molar-refractivity contribution is 0.223. The van der Waals surface area contributed by atoms with Gasteiger partial charge in [-0.3, -0.25) is 0 Å². The van der Waals surface area contributed by atoms with Crippen molar-refractivity contribution in [2.75, 3.05) is 0 Å². The SMILES string of the molecule is CCCCC[C@]1(C#N)CC[C@H](c2ccc(CCC)cc2)CC1. The first-order valence-electron chi connectivity index (χ1n) is 9.23. The molecule has 1 aliphatic rings. The highest BCUT2D eigenvalue weighted by molar-refractivity contribution is 5.26. The first-order valence-corrected chi connectivity index (χ1v) is 9.23. The normalized spacial score (nSPS) is 24.9. The molecular formula is C21H31N. The molecule has 0 radical (unpaired) electrons. The predicted octanol–water partition coefficient (Wildman–Crippen LogP) is 6.39. The van der Waals surface area contributed by atoms with Crippen molar-refractivity contribution in [3.05, 3.63) is 35.4 Å². The molecule has 0 atom stereocenters. The zero-order chi connectivity index (χ0) is 15.8. The van der Waals surface area contributed by atoms with Gasteiger partial charge in [-0.25, -0.2) is 0 Å². The van der Waals surface area contributed by atoms with Gasteiger partial charge < -0.3 is 0 Å². The van der Waals surface area contributed by atoms with Gasteiger partial charge in [0, 0.05) is 0 Å². The van der Waals surface area contributed by atoms with E-state index in [1.54, 1.807) is 0 Å². The van der Waals surface area contributed by atoms with Crippen molar-refractivity contribution in [2.24, 2.45) is 5.41 Å². The van der Waals surface area contributed by atoms with Crippen molar-refractivity contribution in [1.82, 2.24) is 0 Å². The highest BCUT2D eigenvalue weighted by Crippen LogP contribution is 2.45. The molecule has 0 N–H and O–H groups in total. The van der Waals surface area contributed by atoms with E-state index in [-0.39, 0.29) is 5.41 Å². The molecule has 0 spiro atoms. The number of hydrogen-bond acceptors (Lipinski definition) is 1. The predicted molar refractivity (Wildman–Crippen MR) is 93.8 cm³/mol. The molecule has 0 aliphatic heterocycles. The van der Waals surface area contributed by atoms with Crippen molar-refractivity contribution in [3.63, 3.8) is 0 Å². The van der Waals surface area contributed by atoms with E-state index in [4.69, 9.17) is 0 Å². The van der Waals surface area contributed by atoms with Crippen LogP contribution in [-0.2, 0) is 6.42 Å². The maximum absolute atomic E-state index is 9.64. The number of rotatable bonds is 7. The lowest BCUT2D eigenvalue weighted by Crippen LogP contribution is -2.25. The van der Waals surface area contributed by atoms with E-state index in [0.717, 1.165) is 19.3 Å². The second-order valence-electron chi connectivity index (χ2n) is 7.12. The second kappa shape index (κ2) is 8.37. The van der Waals surface area contributed by atoms with Crippen molar-refractivity contribution in [2.45, 2.75) is 84.0 Å². The van der Waals surface area contributed by atoms with Crippen LogP contribution >= 0.6 is 0 Å². The minimum absolute atomic E-state index is 0.0200. The van der Waals surface area contributed by atoms with Crippen LogP contribution in [0, 0.1) is 16.7 Å². The zero-order valence-electron chi connectivity index (χ0n) is 14.4. The number of unbranched alkanes of at least 4 members (excludes halogenated alkanes) is 2. The summed E-state index contributed by atoms with van der Waals surface area (Å²) in [7, 11) is 0. The van der Waals surface area contributed by atoms with Crippen LogP contribution in [-0.4, -0.2) is 0 Å². The molecule has 22 heavy (non-hydrogen) atoms. The molecule has 0 amide bonds. The minimum Gasteiger partial charge on any atom is -0.198 e. The van der Waals surface area contributed by atoms with Crippen molar-refractivity contribution < 1.29 is 0 Å². The van der Waals surface area contributed by atoms with Crippen molar-refractivity contribution in [3.8, 4) is 6.07 Å². The van der Waals surface area contributed by atoms with Gasteiger partial charge in [0.05, 0.1) is 11.5 Å². The molecule has 0 aromatic heterocycles. The Balaban J connectivity index is 1.91. The average molecular weight is 297 g/mol. The molecule has 0 heterocycles. The molecule has 1 saturated carbocycles. The third kappa shape index (κ3) is 4.35. The van der Waals surface area contributed by atoms with Crippen LogP contribution < -0.4 is 0 Å². The highest BCUT2D eigenvalue weighted by Gasteiger charge is 2.35. The summed E-state index contributed by atoms with van der Waals surface area (Å²) in [6, 6.07) is 11.9. The van der Waals surface area contributed by atoms with Crippen LogP contribution in [0.5, 0.6) is 0 Å². The summed E-state index contributed by atoms with van der Waals surface area (Å²) in [5.41, 5.74) is 2.92. The van der Waals surface area contributed by atoms with Gasteiger partial charge in [-0.2, -0.15) is 5.26 Å². The van der Waals surface area contributed by atoms with Crippen LogP contribution in [0.15, 0.2) is 24.3 Å². The standard InChI is InChI=1S/C21H31N/c1-3-5-6-14-21(17-22)15-12-20(13-16-21)19-10-8-18(7-4-2)9-11-19/h8-11,20H,3-7,12-16H2,1-2H3/t20-,21-. The van der Waals surface area contributed by atoms with Gasteiger partial charge in [-0.05, 0) is 55.6 Å². The summed E-state index contributed by atoms with van der Waals surface area (Å²) in [6.07, 6.45) is 11.8. The molecule has 0 saturated heterocycles. The first kappa shape index (κ1) is 17.1. The Morgan fingerprint density at radius 2 is 1.73 bits per heavy atom. The van der Waals surface area contributed by atoms with E-state index in [9.17, 15) is 5.26 Å². The number of hydrogen-bond donors (Lipinski definition) is 0. The Bertz CT molecular complexity index is 472. The van der Waals surface area contributed by atoms with E-state index in [0.29, 0.717) is 5.92 Å². The maximum Gasteiger partial charge on any atom is 0.0689 e. The lowest BCUT2D eigenvalue weighted by Gasteiger charge is -2.35. The van der Waals surface area contributed by atoms with Crippen molar-refractivity contribution in [1.29, 1.82) is 5.26 Å². The fraction of sp³-hybridized carbons (Fsp3) is 0.667. The Morgan fingerprint density at radius 3 is 2.27 bits per heavy atom. The lowest BCUT2D eigenvalue weighted by atomic mass is 9.67. The van der Waals surface area contributed by atoms with E-state index < -0.39 is 0 Å². The van der Waals surface area contributed by atoms with Crippen molar-refractivity contribution >= 4 is 0 Å². The average Bonchev–Trinajstić information content (AvgIpc) is 2.57. The van der Waals surface area contributed by atoms with Crippen LogP contribution in [0.3, 0.4) is 0 Å². The number of nitriles is 1. The smallest absolute Gasteiger partial charge is 0.0689 e. The topological polar surface area (TPSA) is 23.8 Å². The first-order chi connectivity index (χ1) is 10.7. The molecule has 0 bridgehead atoms. The molecule has 120 valence electrons. The molecule has 1 aromatic rings. The summed E-state index contributed by atoms with van der Waals surface area (Å²) in [6.45, 7) is 4.47. The molecule has 1 heteroatoms. The van der Waals surface area contributed by atoms with Gasteiger partial charge in [0.25, 0.3) is 0 Å². The molecule has 0 unspecified atom stereocenters. The van der Waals surface area contributed by atoms with E-state index in [2.05, 4.69) is 44.2 Å². The summed E-state index contributed by atoms with van der Waals surface area (Å²) >= 11 is 0. The van der Waals surface area contributed by atoms with Gasteiger partial charge in [0.1, 0.15) is 0 Å². The van der Waals surface area contributed by atoms with Gasteiger partial charge in [-0.1, -0.05) is 63.8 Å². The summed E-state index contributed by atoms with van der Waals surface area (Å²) < 4.78 is 0. The molecule has 2 rings (SSSR count). The molecular weight excluding hydrogens is 266 g/mol. The monoisotopic (exact) mass is 297 g/mol. The Hall–Kier alpha value is -1.29. The third-order valence-electron chi connectivity index (χ3n) is 5.43. The molecule has 1 nitrogen and oxygen atoms in total. The van der Waals surface area contributed by atoms with Gasteiger partial charge in [-0.15, -0.1) is 0 Å². The Kier molecular flexibility index (Phi) is 6.49. The van der Waals surface area contributed by atoms with Gasteiger partial charge >= 0.3 is 0 Å². The van der Waals surface area contributed by atoms with E-state index in [1.165, 1.54) is 56.1 Å². The van der Waals surface area contributed by atoms with Crippen LogP contribution in [0.4, 0.5) is 0 Å². The maximum atomic E-state index is 9.64. The summed E-state index contributed by atoms with van der Waals surface area (Å²) in [5, 5.41) is 9.64. The number of nitrogens with zero attached hydrogens (tertiary/aromatic N) is 1. The highest BCUT2D eigenvalue weighted by atomic mass is 14.4. The second-order valence-corrected chi connectivity index (χ2v) is 7.12.